The maximum absolute atomic E-state index is 6.13. The molecule has 0 saturated carbocycles. The zero-order valence-electron chi connectivity index (χ0n) is 14.9. The van der Waals surface area contributed by atoms with Gasteiger partial charge in [-0.2, -0.15) is 19.6 Å². The van der Waals surface area contributed by atoms with Gasteiger partial charge in [-0.25, -0.2) is 0 Å². The molecule has 26 heavy (non-hydrogen) atoms. The largest absolute Gasteiger partial charge is 0.368 e. The van der Waals surface area contributed by atoms with Gasteiger partial charge >= 0.3 is 0 Å². The summed E-state index contributed by atoms with van der Waals surface area (Å²) < 4.78 is 1.58. The van der Waals surface area contributed by atoms with E-state index in [9.17, 15) is 0 Å². The number of nitrogens with zero attached hydrogens (tertiary/aromatic N) is 6. The van der Waals surface area contributed by atoms with Crippen molar-refractivity contribution in [3.63, 3.8) is 0 Å². The van der Waals surface area contributed by atoms with Crippen molar-refractivity contribution in [1.29, 1.82) is 0 Å². The molecule has 3 aromatic heterocycles. The van der Waals surface area contributed by atoms with Crippen molar-refractivity contribution in [2.45, 2.75) is 20.3 Å². The molecule has 0 aliphatic carbocycles. The van der Waals surface area contributed by atoms with Crippen molar-refractivity contribution in [3.8, 4) is 11.1 Å². The molecule has 0 atom stereocenters. The number of benzene rings is 1. The molecular weight excluding hydrogens is 326 g/mol. The molecule has 4 aromatic rings. The van der Waals surface area contributed by atoms with Gasteiger partial charge in [0.15, 0.2) is 5.65 Å². The SMILES string of the molecule is CCCN(CC)c1nc(N)n2ncc(-c3cnc4ccccc4c3)c2n1. The summed E-state index contributed by atoms with van der Waals surface area (Å²) in [7, 11) is 0. The highest BCUT2D eigenvalue weighted by Crippen LogP contribution is 2.27. The Kier molecular flexibility index (Phi) is 4.12. The molecule has 0 bridgehead atoms. The summed E-state index contributed by atoms with van der Waals surface area (Å²) in [6.45, 7) is 5.93. The minimum absolute atomic E-state index is 0.333. The third kappa shape index (κ3) is 2.71. The van der Waals surface area contributed by atoms with Gasteiger partial charge in [-0.15, -0.1) is 0 Å². The van der Waals surface area contributed by atoms with Crippen molar-refractivity contribution in [3.05, 3.63) is 42.7 Å². The molecule has 0 aliphatic heterocycles. The van der Waals surface area contributed by atoms with E-state index in [1.165, 1.54) is 0 Å². The van der Waals surface area contributed by atoms with Crippen molar-refractivity contribution >= 4 is 28.4 Å². The van der Waals surface area contributed by atoms with Crippen LogP contribution in [0.25, 0.3) is 27.7 Å². The number of para-hydroxylation sites is 1. The van der Waals surface area contributed by atoms with Gasteiger partial charge in [0.05, 0.1) is 11.7 Å². The summed E-state index contributed by atoms with van der Waals surface area (Å²) in [5, 5.41) is 5.44. The van der Waals surface area contributed by atoms with Crippen molar-refractivity contribution in [1.82, 2.24) is 24.6 Å². The molecule has 0 amide bonds. The Morgan fingerprint density at radius 3 is 2.77 bits per heavy atom. The van der Waals surface area contributed by atoms with Gasteiger partial charge in [0.1, 0.15) is 0 Å². The molecule has 0 radical (unpaired) electrons. The predicted octanol–water partition coefficient (Wildman–Crippen LogP) is 3.16. The fraction of sp³-hybridized carbons (Fsp3) is 0.263. The number of nitrogens with two attached hydrogens (primary N) is 1. The van der Waals surface area contributed by atoms with Gasteiger partial charge in [0, 0.05) is 35.8 Å². The van der Waals surface area contributed by atoms with E-state index < -0.39 is 0 Å². The van der Waals surface area contributed by atoms with E-state index in [1.54, 1.807) is 10.7 Å². The Morgan fingerprint density at radius 2 is 1.96 bits per heavy atom. The van der Waals surface area contributed by atoms with Crippen LogP contribution in [-0.2, 0) is 0 Å². The zero-order chi connectivity index (χ0) is 18.1. The summed E-state index contributed by atoms with van der Waals surface area (Å²) in [5.41, 5.74) is 9.64. The molecule has 7 heteroatoms. The Hall–Kier alpha value is -3.22. The van der Waals surface area contributed by atoms with Crippen LogP contribution in [-0.4, -0.2) is 37.7 Å². The number of pyridine rings is 1. The van der Waals surface area contributed by atoms with Crippen LogP contribution in [0.1, 0.15) is 20.3 Å². The van der Waals surface area contributed by atoms with Crippen molar-refractivity contribution in [2.75, 3.05) is 23.7 Å². The molecule has 4 rings (SSSR count). The lowest BCUT2D eigenvalue weighted by Crippen LogP contribution is -2.26. The fourth-order valence-electron chi connectivity index (χ4n) is 3.12. The zero-order valence-corrected chi connectivity index (χ0v) is 14.9. The number of nitrogen functional groups attached to an aromatic ring is 1. The molecule has 2 N–H and O–H groups in total. The lowest BCUT2D eigenvalue weighted by molar-refractivity contribution is 0.755. The smallest absolute Gasteiger partial charge is 0.230 e. The van der Waals surface area contributed by atoms with Crippen LogP contribution in [0.3, 0.4) is 0 Å². The van der Waals surface area contributed by atoms with E-state index in [-0.39, 0.29) is 0 Å². The molecule has 0 unspecified atom stereocenters. The van der Waals surface area contributed by atoms with E-state index in [2.05, 4.69) is 39.9 Å². The van der Waals surface area contributed by atoms with Crippen LogP contribution in [0, 0.1) is 0 Å². The Bertz CT molecular complexity index is 1070. The summed E-state index contributed by atoms with van der Waals surface area (Å²) in [6, 6.07) is 10.1. The molecule has 0 spiro atoms. The quantitative estimate of drug-likeness (QED) is 0.597. The van der Waals surface area contributed by atoms with Gasteiger partial charge in [-0.3, -0.25) is 4.98 Å². The van der Waals surface area contributed by atoms with Crippen molar-refractivity contribution in [2.24, 2.45) is 0 Å². The van der Waals surface area contributed by atoms with Gasteiger partial charge in [0.25, 0.3) is 0 Å². The average molecular weight is 347 g/mol. The number of aromatic nitrogens is 5. The lowest BCUT2D eigenvalue weighted by Gasteiger charge is -2.20. The predicted molar refractivity (Wildman–Crippen MR) is 104 cm³/mol. The molecule has 1 aromatic carbocycles. The van der Waals surface area contributed by atoms with Crippen LogP contribution in [0.5, 0.6) is 0 Å². The van der Waals surface area contributed by atoms with Gasteiger partial charge in [0.2, 0.25) is 11.9 Å². The average Bonchev–Trinajstić information content (AvgIpc) is 3.10. The van der Waals surface area contributed by atoms with E-state index in [0.29, 0.717) is 17.5 Å². The van der Waals surface area contributed by atoms with Crippen LogP contribution in [0.4, 0.5) is 11.9 Å². The normalized spacial score (nSPS) is 11.3. The second-order valence-electron chi connectivity index (χ2n) is 6.17. The minimum Gasteiger partial charge on any atom is -0.368 e. The minimum atomic E-state index is 0.333. The molecule has 0 fully saturated rings. The molecular formula is C19H21N7. The first-order valence-corrected chi connectivity index (χ1v) is 8.82. The third-order valence-corrected chi connectivity index (χ3v) is 4.44. The molecule has 132 valence electrons. The third-order valence-electron chi connectivity index (χ3n) is 4.44. The van der Waals surface area contributed by atoms with Gasteiger partial charge in [-0.05, 0) is 25.5 Å². The molecule has 0 saturated heterocycles. The number of rotatable bonds is 5. The van der Waals surface area contributed by atoms with E-state index in [0.717, 1.165) is 41.5 Å². The second-order valence-corrected chi connectivity index (χ2v) is 6.17. The van der Waals surface area contributed by atoms with E-state index in [1.807, 2.05) is 30.5 Å². The number of fused-ring (bicyclic) bond motifs is 2. The fourth-order valence-corrected chi connectivity index (χ4v) is 3.12. The van der Waals surface area contributed by atoms with E-state index in [4.69, 9.17) is 10.7 Å². The highest BCUT2D eigenvalue weighted by molar-refractivity contribution is 5.87. The first-order valence-electron chi connectivity index (χ1n) is 8.82. The highest BCUT2D eigenvalue weighted by atomic mass is 15.4. The molecule has 7 nitrogen and oxygen atoms in total. The Labute approximate surface area is 151 Å². The summed E-state index contributed by atoms with van der Waals surface area (Å²) in [5.74, 6) is 0.967. The monoisotopic (exact) mass is 347 g/mol. The summed E-state index contributed by atoms with van der Waals surface area (Å²) >= 11 is 0. The Balaban J connectivity index is 1.87. The van der Waals surface area contributed by atoms with Crippen LogP contribution < -0.4 is 10.6 Å². The van der Waals surface area contributed by atoms with E-state index >= 15 is 0 Å². The van der Waals surface area contributed by atoms with Crippen LogP contribution in [0.2, 0.25) is 0 Å². The molecule has 3 heterocycles. The second kappa shape index (κ2) is 6.59. The van der Waals surface area contributed by atoms with Crippen LogP contribution in [0.15, 0.2) is 42.7 Å². The van der Waals surface area contributed by atoms with Gasteiger partial charge < -0.3 is 10.6 Å². The number of anilines is 2. The highest BCUT2D eigenvalue weighted by Gasteiger charge is 2.16. The number of hydrogen-bond acceptors (Lipinski definition) is 6. The maximum Gasteiger partial charge on any atom is 0.230 e. The first-order chi connectivity index (χ1) is 12.7. The first kappa shape index (κ1) is 16.3. The topological polar surface area (TPSA) is 85.2 Å². The van der Waals surface area contributed by atoms with Gasteiger partial charge in [-0.1, -0.05) is 25.1 Å². The lowest BCUT2D eigenvalue weighted by atomic mass is 10.1. The number of hydrogen-bond donors (Lipinski definition) is 1. The van der Waals surface area contributed by atoms with Crippen LogP contribution >= 0.6 is 0 Å². The summed E-state index contributed by atoms with van der Waals surface area (Å²) in [6.07, 6.45) is 4.63. The molecule has 0 aliphatic rings. The maximum atomic E-state index is 6.13. The Morgan fingerprint density at radius 1 is 1.12 bits per heavy atom. The standard InChI is InChI=1S/C19H21N7/c1-3-9-25(4-2)19-23-17-15(12-22-26(17)18(20)24-19)14-10-13-7-5-6-8-16(13)21-11-14/h5-8,10-12H,3-4,9H2,1-2H3,(H2,20,23,24). The van der Waals surface area contributed by atoms with Crippen molar-refractivity contribution < 1.29 is 0 Å². The summed E-state index contributed by atoms with van der Waals surface area (Å²) in [4.78, 5) is 15.8.